The Morgan fingerprint density at radius 3 is 2.18 bits per heavy atom. The molecule has 0 saturated heterocycles. The Bertz CT molecular complexity index is 165. The average Bonchev–Trinajstić information content (AvgIpc) is 1.53. The molecule has 2 nitrogen and oxygen atoms in total. The predicted molar refractivity (Wildman–Crippen MR) is 47.3 cm³/mol. The summed E-state index contributed by atoms with van der Waals surface area (Å²) in [4.78, 5) is 11.1. The molecule has 0 saturated carbocycles. The molecule has 0 radical (unpaired) electrons. The van der Waals surface area contributed by atoms with Crippen LogP contribution in [-0.2, 0) is 4.79 Å². The van der Waals surface area contributed by atoms with Crippen LogP contribution in [0.1, 0.15) is 34.1 Å². The highest BCUT2D eigenvalue weighted by molar-refractivity contribution is 5.78. The summed E-state index contributed by atoms with van der Waals surface area (Å²) in [7, 11) is 0. The highest BCUT2D eigenvalue weighted by Crippen LogP contribution is 2.01. The molecule has 2 heteroatoms. The summed E-state index contributed by atoms with van der Waals surface area (Å²) in [5, 5.41) is 2.85. The van der Waals surface area contributed by atoms with Gasteiger partial charge in [0.1, 0.15) is 0 Å². The molecular formula is C9H17NO. The first-order valence-corrected chi connectivity index (χ1v) is 3.76. The quantitative estimate of drug-likeness (QED) is 0.606. The monoisotopic (exact) mass is 155 g/mol. The summed E-state index contributed by atoms with van der Waals surface area (Å²) in [6, 6.07) is 0. The van der Waals surface area contributed by atoms with Gasteiger partial charge in [-0.3, -0.25) is 4.79 Å². The van der Waals surface area contributed by atoms with Crippen LogP contribution < -0.4 is 5.32 Å². The van der Waals surface area contributed by atoms with Crippen molar-refractivity contribution in [1.29, 1.82) is 0 Å². The van der Waals surface area contributed by atoms with E-state index in [4.69, 9.17) is 0 Å². The van der Waals surface area contributed by atoms with Crippen LogP contribution in [0.15, 0.2) is 12.2 Å². The van der Waals surface area contributed by atoms with Gasteiger partial charge in [-0.25, -0.2) is 0 Å². The number of carbonyl (C=O) groups excluding carboxylic acids is 1. The van der Waals surface area contributed by atoms with Gasteiger partial charge in [0.2, 0.25) is 5.91 Å². The zero-order valence-corrected chi connectivity index (χ0v) is 7.82. The van der Waals surface area contributed by atoms with Crippen molar-refractivity contribution in [2.24, 2.45) is 0 Å². The number of hydrogen-bond donors (Lipinski definition) is 1. The van der Waals surface area contributed by atoms with Crippen LogP contribution in [0.2, 0.25) is 0 Å². The molecule has 0 fully saturated rings. The maximum absolute atomic E-state index is 11.1. The van der Waals surface area contributed by atoms with E-state index in [9.17, 15) is 4.79 Å². The minimum Gasteiger partial charge on any atom is -0.351 e. The third-order valence-electron chi connectivity index (χ3n) is 0.977. The lowest BCUT2D eigenvalue weighted by atomic mass is 10.1. The van der Waals surface area contributed by atoms with Crippen molar-refractivity contribution in [2.75, 3.05) is 0 Å². The Hall–Kier alpha value is -0.790. The number of carbonyl (C=O) groups is 1. The average molecular weight is 155 g/mol. The van der Waals surface area contributed by atoms with E-state index in [1.807, 2.05) is 27.7 Å². The van der Waals surface area contributed by atoms with Crippen molar-refractivity contribution in [3.63, 3.8) is 0 Å². The van der Waals surface area contributed by atoms with E-state index < -0.39 is 0 Å². The van der Waals surface area contributed by atoms with Crippen molar-refractivity contribution in [3.05, 3.63) is 12.2 Å². The lowest BCUT2D eigenvalue weighted by Crippen LogP contribution is -2.40. The Balaban J connectivity index is 3.80. The molecule has 0 aliphatic rings. The standard InChI is InChI=1S/C9H17NO/c1-7(2)6-8(11)10-9(3,4)5/h1,6H2,2-5H3,(H,10,11). The van der Waals surface area contributed by atoms with E-state index >= 15 is 0 Å². The summed E-state index contributed by atoms with van der Waals surface area (Å²) >= 11 is 0. The number of hydrogen-bond acceptors (Lipinski definition) is 1. The van der Waals surface area contributed by atoms with Crippen LogP contribution in [-0.4, -0.2) is 11.4 Å². The van der Waals surface area contributed by atoms with Crippen LogP contribution in [0.4, 0.5) is 0 Å². The molecule has 0 aromatic carbocycles. The van der Waals surface area contributed by atoms with E-state index in [-0.39, 0.29) is 11.4 Å². The summed E-state index contributed by atoms with van der Waals surface area (Å²) in [5.41, 5.74) is 0.763. The van der Waals surface area contributed by atoms with Gasteiger partial charge < -0.3 is 5.32 Å². The summed E-state index contributed by atoms with van der Waals surface area (Å²) in [6.07, 6.45) is 0.428. The Morgan fingerprint density at radius 1 is 1.45 bits per heavy atom. The van der Waals surface area contributed by atoms with E-state index in [0.717, 1.165) is 5.57 Å². The third kappa shape index (κ3) is 7.10. The molecular weight excluding hydrogens is 138 g/mol. The van der Waals surface area contributed by atoms with Gasteiger partial charge in [0.15, 0.2) is 0 Å². The zero-order chi connectivity index (χ0) is 9.07. The van der Waals surface area contributed by atoms with E-state index in [1.54, 1.807) is 0 Å². The van der Waals surface area contributed by atoms with Gasteiger partial charge in [0.05, 0.1) is 0 Å². The largest absolute Gasteiger partial charge is 0.351 e. The van der Waals surface area contributed by atoms with Gasteiger partial charge in [-0.2, -0.15) is 0 Å². The molecule has 11 heavy (non-hydrogen) atoms. The summed E-state index contributed by atoms with van der Waals surface area (Å²) in [6.45, 7) is 11.4. The van der Waals surface area contributed by atoms with Gasteiger partial charge in [-0.15, -0.1) is 0 Å². The molecule has 0 heterocycles. The van der Waals surface area contributed by atoms with Crippen molar-refractivity contribution in [1.82, 2.24) is 5.32 Å². The first kappa shape index (κ1) is 10.2. The van der Waals surface area contributed by atoms with Crippen LogP contribution >= 0.6 is 0 Å². The molecule has 1 N–H and O–H groups in total. The SMILES string of the molecule is C=C(C)CC(=O)NC(C)(C)C. The molecule has 0 spiro atoms. The Kier molecular flexibility index (Phi) is 3.30. The molecule has 0 aromatic heterocycles. The lowest BCUT2D eigenvalue weighted by molar-refractivity contribution is -0.121. The fourth-order valence-corrected chi connectivity index (χ4v) is 0.737. The van der Waals surface area contributed by atoms with Crippen LogP contribution in [0.3, 0.4) is 0 Å². The van der Waals surface area contributed by atoms with E-state index in [2.05, 4.69) is 11.9 Å². The highest BCUT2D eigenvalue weighted by Gasteiger charge is 2.12. The Labute approximate surface area is 68.7 Å². The minimum atomic E-state index is -0.132. The minimum absolute atomic E-state index is 0.0463. The second kappa shape index (κ2) is 3.56. The zero-order valence-electron chi connectivity index (χ0n) is 7.82. The van der Waals surface area contributed by atoms with Gasteiger partial charge in [-0.05, 0) is 27.7 Å². The normalized spacial score (nSPS) is 10.9. The van der Waals surface area contributed by atoms with Crippen LogP contribution in [0.5, 0.6) is 0 Å². The van der Waals surface area contributed by atoms with Crippen molar-refractivity contribution in [2.45, 2.75) is 39.7 Å². The van der Waals surface area contributed by atoms with Gasteiger partial charge in [-0.1, -0.05) is 12.2 Å². The fourth-order valence-electron chi connectivity index (χ4n) is 0.737. The number of rotatable bonds is 2. The van der Waals surface area contributed by atoms with Crippen LogP contribution in [0, 0.1) is 0 Å². The first-order chi connectivity index (χ1) is 4.81. The second-order valence-electron chi connectivity index (χ2n) is 3.93. The molecule has 0 rings (SSSR count). The number of amides is 1. The van der Waals surface area contributed by atoms with Gasteiger partial charge >= 0.3 is 0 Å². The van der Waals surface area contributed by atoms with Crippen LogP contribution in [0.25, 0.3) is 0 Å². The predicted octanol–water partition coefficient (Wildman–Crippen LogP) is 1.87. The molecule has 0 aliphatic heterocycles. The fraction of sp³-hybridized carbons (Fsp3) is 0.667. The molecule has 0 aromatic rings. The molecule has 64 valence electrons. The van der Waals surface area contributed by atoms with E-state index in [0.29, 0.717) is 6.42 Å². The van der Waals surface area contributed by atoms with Crippen molar-refractivity contribution < 1.29 is 4.79 Å². The second-order valence-corrected chi connectivity index (χ2v) is 3.93. The first-order valence-electron chi connectivity index (χ1n) is 3.76. The topological polar surface area (TPSA) is 29.1 Å². The third-order valence-corrected chi connectivity index (χ3v) is 0.977. The smallest absolute Gasteiger partial charge is 0.224 e. The lowest BCUT2D eigenvalue weighted by Gasteiger charge is -2.20. The molecule has 0 atom stereocenters. The van der Waals surface area contributed by atoms with E-state index in [1.165, 1.54) is 0 Å². The molecule has 0 bridgehead atoms. The van der Waals surface area contributed by atoms with Gasteiger partial charge in [0, 0.05) is 12.0 Å². The molecule has 1 amide bonds. The summed E-state index contributed by atoms with van der Waals surface area (Å²) < 4.78 is 0. The highest BCUT2D eigenvalue weighted by atomic mass is 16.1. The van der Waals surface area contributed by atoms with Gasteiger partial charge in [0.25, 0.3) is 0 Å². The molecule has 0 unspecified atom stereocenters. The summed E-state index contributed by atoms with van der Waals surface area (Å²) in [5.74, 6) is 0.0463. The van der Waals surface area contributed by atoms with Crippen molar-refractivity contribution in [3.8, 4) is 0 Å². The van der Waals surface area contributed by atoms with Crippen molar-refractivity contribution >= 4 is 5.91 Å². The number of nitrogens with one attached hydrogen (secondary N) is 1. The maximum Gasteiger partial charge on any atom is 0.224 e. The maximum atomic E-state index is 11.1. The molecule has 0 aliphatic carbocycles. The Morgan fingerprint density at radius 2 is 1.91 bits per heavy atom.